The highest BCUT2D eigenvalue weighted by atomic mass is 16.3. The lowest BCUT2D eigenvalue weighted by atomic mass is 9.83. The molecule has 0 bridgehead atoms. The summed E-state index contributed by atoms with van der Waals surface area (Å²) in [5.74, 6) is 0.857. The summed E-state index contributed by atoms with van der Waals surface area (Å²) < 4.78 is 6.39. The molecule has 2 aromatic carbocycles. The van der Waals surface area contributed by atoms with Crippen molar-refractivity contribution in [1.82, 2.24) is 9.97 Å². The Kier molecular flexibility index (Phi) is 5.13. The minimum atomic E-state index is -0.0992. The van der Waals surface area contributed by atoms with E-state index in [0.717, 1.165) is 50.5 Å². The predicted molar refractivity (Wildman–Crippen MR) is 136 cm³/mol. The van der Waals surface area contributed by atoms with Gasteiger partial charge in [0.05, 0.1) is 5.69 Å². The van der Waals surface area contributed by atoms with Gasteiger partial charge in [-0.1, -0.05) is 51.1 Å². The van der Waals surface area contributed by atoms with Crippen molar-refractivity contribution in [3.63, 3.8) is 0 Å². The van der Waals surface area contributed by atoms with Gasteiger partial charge in [0.2, 0.25) is 0 Å². The molecule has 0 atom stereocenters. The maximum atomic E-state index is 6.39. The number of aryl methyl sites for hydroxylation is 2. The molecule has 3 aromatic heterocycles. The second-order valence-electron chi connectivity index (χ2n) is 9.73. The van der Waals surface area contributed by atoms with E-state index in [1.54, 1.807) is 0 Å². The normalized spacial score (nSPS) is 11.8. The first-order chi connectivity index (χ1) is 15.8. The van der Waals surface area contributed by atoms with Crippen LogP contribution in [0.4, 0.5) is 0 Å². The van der Waals surface area contributed by atoms with E-state index in [9.17, 15) is 0 Å². The second-order valence-corrected chi connectivity index (χ2v) is 9.73. The fourth-order valence-corrected chi connectivity index (χ4v) is 4.42. The third-order valence-corrected chi connectivity index (χ3v) is 5.97. The van der Waals surface area contributed by atoms with E-state index in [-0.39, 0.29) is 5.41 Å². The van der Waals surface area contributed by atoms with Crippen molar-refractivity contribution >= 4 is 11.0 Å². The summed E-state index contributed by atoms with van der Waals surface area (Å²) in [5, 5.41) is 1.14. The summed E-state index contributed by atoms with van der Waals surface area (Å²) in [7, 11) is 0. The summed E-state index contributed by atoms with van der Waals surface area (Å²) in [6.45, 7) is 10.8. The maximum Gasteiger partial charge on any atom is 0.157 e. The second kappa shape index (κ2) is 8.00. The van der Waals surface area contributed by atoms with E-state index in [4.69, 9.17) is 9.40 Å². The third-order valence-electron chi connectivity index (χ3n) is 5.97. The SMILES string of the molecule is Cc1ccnc(-c2cccc(-c3ccc4oc(-c5cccc(C)n5)c(C(C)(C)C)c4c3)c2)c1. The zero-order valence-corrected chi connectivity index (χ0v) is 19.8. The number of furan rings is 1. The van der Waals surface area contributed by atoms with Crippen molar-refractivity contribution < 1.29 is 4.42 Å². The van der Waals surface area contributed by atoms with E-state index in [0.29, 0.717) is 0 Å². The number of hydrogen-bond acceptors (Lipinski definition) is 3. The molecule has 164 valence electrons. The summed E-state index contributed by atoms with van der Waals surface area (Å²) >= 11 is 0. The Morgan fingerprint density at radius 3 is 2.24 bits per heavy atom. The van der Waals surface area contributed by atoms with Crippen LogP contribution in [0.15, 0.2) is 83.4 Å². The molecule has 33 heavy (non-hydrogen) atoms. The Hall–Kier alpha value is -3.72. The average molecular weight is 433 g/mol. The number of aromatic nitrogens is 2. The molecule has 5 aromatic rings. The molecule has 0 aliphatic carbocycles. The van der Waals surface area contributed by atoms with Crippen LogP contribution in [0.2, 0.25) is 0 Å². The summed E-state index contributed by atoms with van der Waals surface area (Å²) in [6.07, 6.45) is 1.87. The highest BCUT2D eigenvalue weighted by molar-refractivity contribution is 5.92. The lowest BCUT2D eigenvalue weighted by Gasteiger charge is -2.19. The van der Waals surface area contributed by atoms with Gasteiger partial charge in [0.1, 0.15) is 11.3 Å². The number of fused-ring (bicyclic) bond motifs is 1. The van der Waals surface area contributed by atoms with Gasteiger partial charge >= 0.3 is 0 Å². The van der Waals surface area contributed by atoms with Crippen molar-refractivity contribution in [2.45, 2.75) is 40.0 Å². The van der Waals surface area contributed by atoms with Gasteiger partial charge in [-0.3, -0.25) is 4.98 Å². The third kappa shape index (κ3) is 4.07. The monoisotopic (exact) mass is 432 g/mol. The predicted octanol–water partition coefficient (Wildman–Crippen LogP) is 8.14. The molecule has 0 unspecified atom stereocenters. The molecule has 0 aliphatic rings. The fourth-order valence-electron chi connectivity index (χ4n) is 4.42. The van der Waals surface area contributed by atoms with Crippen LogP contribution in [0.3, 0.4) is 0 Å². The maximum absolute atomic E-state index is 6.39. The molecule has 0 fully saturated rings. The van der Waals surface area contributed by atoms with Crippen LogP contribution in [-0.2, 0) is 5.41 Å². The van der Waals surface area contributed by atoms with Gasteiger partial charge < -0.3 is 4.42 Å². The van der Waals surface area contributed by atoms with Crippen LogP contribution < -0.4 is 0 Å². The molecule has 0 N–H and O–H groups in total. The van der Waals surface area contributed by atoms with Crippen molar-refractivity contribution in [2.75, 3.05) is 0 Å². The first kappa shape index (κ1) is 21.1. The van der Waals surface area contributed by atoms with Crippen molar-refractivity contribution in [3.05, 3.63) is 95.8 Å². The summed E-state index contributed by atoms with van der Waals surface area (Å²) in [6, 6.07) is 25.3. The van der Waals surface area contributed by atoms with Crippen LogP contribution in [0, 0.1) is 13.8 Å². The molecule has 3 heterocycles. The van der Waals surface area contributed by atoms with Gasteiger partial charge in [0, 0.05) is 28.4 Å². The molecule has 0 saturated heterocycles. The number of rotatable bonds is 3. The first-order valence-electron chi connectivity index (χ1n) is 11.3. The minimum Gasteiger partial charge on any atom is -0.454 e. The summed E-state index contributed by atoms with van der Waals surface area (Å²) in [4.78, 5) is 9.31. The van der Waals surface area contributed by atoms with Crippen molar-refractivity contribution in [2.24, 2.45) is 0 Å². The van der Waals surface area contributed by atoms with Gasteiger partial charge in [0.15, 0.2) is 5.76 Å². The van der Waals surface area contributed by atoms with Crippen LogP contribution in [-0.4, -0.2) is 9.97 Å². The Morgan fingerprint density at radius 1 is 0.727 bits per heavy atom. The Balaban J connectivity index is 1.67. The average Bonchev–Trinajstić information content (AvgIpc) is 3.19. The lowest BCUT2D eigenvalue weighted by Crippen LogP contribution is -2.12. The van der Waals surface area contributed by atoms with E-state index in [2.05, 4.69) is 81.2 Å². The number of hydrogen-bond donors (Lipinski definition) is 0. The molecular weight excluding hydrogens is 404 g/mol. The number of nitrogens with zero attached hydrogens (tertiary/aromatic N) is 2. The van der Waals surface area contributed by atoms with E-state index in [1.807, 2.05) is 37.4 Å². The van der Waals surface area contributed by atoms with Gasteiger partial charge in [0.25, 0.3) is 0 Å². The van der Waals surface area contributed by atoms with Crippen LogP contribution in [0.1, 0.15) is 37.6 Å². The quantitative estimate of drug-likeness (QED) is 0.289. The highest BCUT2D eigenvalue weighted by Crippen LogP contribution is 2.42. The van der Waals surface area contributed by atoms with E-state index in [1.165, 1.54) is 11.1 Å². The standard InChI is InChI=1S/C30H28N2O/c1-19-14-15-31-26(16-19)23-10-7-9-21(17-23)22-12-13-27-24(18-22)28(30(3,4)5)29(33-27)25-11-6-8-20(2)32-25/h6-18H,1-5H3. The van der Waals surface area contributed by atoms with Gasteiger partial charge in [-0.25, -0.2) is 4.98 Å². The number of pyridine rings is 2. The fraction of sp³-hybridized carbons (Fsp3) is 0.200. The minimum absolute atomic E-state index is 0.0992. The first-order valence-corrected chi connectivity index (χ1v) is 11.3. The van der Waals surface area contributed by atoms with Crippen LogP contribution in [0.5, 0.6) is 0 Å². The van der Waals surface area contributed by atoms with E-state index >= 15 is 0 Å². The Morgan fingerprint density at radius 2 is 1.48 bits per heavy atom. The largest absolute Gasteiger partial charge is 0.454 e. The van der Waals surface area contributed by atoms with Crippen molar-refractivity contribution in [3.8, 4) is 33.8 Å². The summed E-state index contributed by atoms with van der Waals surface area (Å²) in [5.41, 5.74) is 9.47. The zero-order valence-electron chi connectivity index (χ0n) is 19.8. The molecular formula is C30H28N2O. The molecule has 0 aliphatic heterocycles. The highest BCUT2D eigenvalue weighted by Gasteiger charge is 2.27. The molecule has 0 saturated carbocycles. The van der Waals surface area contributed by atoms with E-state index < -0.39 is 0 Å². The Bertz CT molecular complexity index is 1470. The topological polar surface area (TPSA) is 38.9 Å². The van der Waals surface area contributed by atoms with Gasteiger partial charge in [-0.15, -0.1) is 0 Å². The molecule has 3 heteroatoms. The molecule has 0 spiro atoms. The molecule has 0 radical (unpaired) electrons. The van der Waals surface area contributed by atoms with Crippen LogP contribution in [0.25, 0.3) is 44.8 Å². The van der Waals surface area contributed by atoms with Crippen LogP contribution >= 0.6 is 0 Å². The van der Waals surface area contributed by atoms with Crippen molar-refractivity contribution in [1.29, 1.82) is 0 Å². The number of benzene rings is 2. The zero-order chi connectivity index (χ0) is 23.2. The van der Waals surface area contributed by atoms with Gasteiger partial charge in [-0.2, -0.15) is 0 Å². The molecule has 0 amide bonds. The molecule has 3 nitrogen and oxygen atoms in total. The lowest BCUT2D eigenvalue weighted by molar-refractivity contribution is 0.566. The smallest absolute Gasteiger partial charge is 0.157 e. The Labute approximate surface area is 195 Å². The van der Waals surface area contributed by atoms with Gasteiger partial charge in [-0.05, 0) is 78.4 Å². The molecule has 5 rings (SSSR count).